The molecule has 0 heterocycles. The molecule has 0 aliphatic heterocycles. The molecule has 27 heavy (non-hydrogen) atoms. The second-order valence-corrected chi connectivity index (χ2v) is 7.42. The molecule has 8 heteroatoms. The van der Waals surface area contributed by atoms with Crippen LogP contribution in [0.1, 0.15) is 15.9 Å². The SMILES string of the molecule is C=CCNc1ccc(C(=O)O)cc1S(=O)(=O)NCCc1ccc(OC)cc1. The van der Waals surface area contributed by atoms with Crippen molar-refractivity contribution in [3.8, 4) is 5.75 Å². The van der Waals surface area contributed by atoms with Crippen molar-refractivity contribution >= 4 is 21.7 Å². The highest BCUT2D eigenvalue weighted by Crippen LogP contribution is 2.23. The third kappa shape index (κ3) is 5.57. The summed E-state index contributed by atoms with van der Waals surface area (Å²) in [5, 5.41) is 12.1. The molecule has 144 valence electrons. The van der Waals surface area contributed by atoms with Gasteiger partial charge in [0.2, 0.25) is 10.0 Å². The number of hydrogen-bond acceptors (Lipinski definition) is 5. The molecule has 2 aromatic carbocycles. The Balaban J connectivity index is 2.16. The van der Waals surface area contributed by atoms with E-state index in [0.29, 0.717) is 18.7 Å². The zero-order valence-corrected chi connectivity index (χ0v) is 15.8. The zero-order valence-electron chi connectivity index (χ0n) is 14.9. The average molecular weight is 390 g/mol. The molecular formula is C19H22N2O5S. The van der Waals surface area contributed by atoms with Crippen molar-refractivity contribution in [1.29, 1.82) is 0 Å². The molecule has 0 fully saturated rings. The molecule has 0 saturated carbocycles. The van der Waals surface area contributed by atoms with Gasteiger partial charge in [-0.2, -0.15) is 0 Å². The van der Waals surface area contributed by atoms with Gasteiger partial charge in [-0.3, -0.25) is 0 Å². The monoisotopic (exact) mass is 390 g/mol. The van der Waals surface area contributed by atoms with Crippen LogP contribution in [0.2, 0.25) is 0 Å². The van der Waals surface area contributed by atoms with Crippen LogP contribution in [0, 0.1) is 0 Å². The van der Waals surface area contributed by atoms with Crippen molar-refractivity contribution in [2.45, 2.75) is 11.3 Å². The van der Waals surface area contributed by atoms with Crippen molar-refractivity contribution in [3.63, 3.8) is 0 Å². The first kappa shape index (κ1) is 20.5. The van der Waals surface area contributed by atoms with E-state index in [1.54, 1.807) is 25.3 Å². The number of carbonyl (C=O) groups is 1. The summed E-state index contributed by atoms with van der Waals surface area (Å²) in [6.45, 7) is 4.10. The van der Waals surface area contributed by atoms with Gasteiger partial charge in [0.05, 0.1) is 18.4 Å². The Labute approximate surface area is 158 Å². The fourth-order valence-electron chi connectivity index (χ4n) is 2.41. The average Bonchev–Trinajstić information content (AvgIpc) is 2.66. The van der Waals surface area contributed by atoms with Crippen LogP contribution in [0.4, 0.5) is 5.69 Å². The molecule has 0 spiro atoms. The minimum absolute atomic E-state index is 0.102. The highest BCUT2D eigenvalue weighted by Gasteiger charge is 2.20. The van der Waals surface area contributed by atoms with Gasteiger partial charge in [-0.15, -0.1) is 6.58 Å². The van der Waals surface area contributed by atoms with Crippen LogP contribution in [-0.2, 0) is 16.4 Å². The number of hydrogen-bond donors (Lipinski definition) is 3. The van der Waals surface area contributed by atoms with Crippen molar-refractivity contribution in [2.24, 2.45) is 0 Å². The van der Waals surface area contributed by atoms with Gasteiger partial charge in [-0.25, -0.2) is 17.9 Å². The summed E-state index contributed by atoms with van der Waals surface area (Å²) >= 11 is 0. The lowest BCUT2D eigenvalue weighted by atomic mass is 10.1. The van der Waals surface area contributed by atoms with Crippen molar-refractivity contribution in [3.05, 3.63) is 66.2 Å². The first-order valence-corrected chi connectivity index (χ1v) is 9.70. The van der Waals surface area contributed by atoms with Gasteiger partial charge >= 0.3 is 5.97 Å². The Kier molecular flexibility index (Phi) is 6.98. The van der Waals surface area contributed by atoms with E-state index in [1.807, 2.05) is 12.1 Å². The van der Waals surface area contributed by atoms with Crippen LogP contribution in [-0.4, -0.2) is 39.7 Å². The number of nitrogens with one attached hydrogen (secondary N) is 2. The van der Waals surface area contributed by atoms with Crippen LogP contribution in [0.3, 0.4) is 0 Å². The van der Waals surface area contributed by atoms with Gasteiger partial charge < -0.3 is 15.2 Å². The molecular weight excluding hydrogens is 368 g/mol. The van der Waals surface area contributed by atoms with Crippen molar-refractivity contribution in [1.82, 2.24) is 4.72 Å². The molecule has 0 aromatic heterocycles. The number of benzene rings is 2. The third-order valence-electron chi connectivity index (χ3n) is 3.82. The topological polar surface area (TPSA) is 105 Å². The molecule has 0 unspecified atom stereocenters. The number of anilines is 1. The molecule has 0 radical (unpaired) electrons. The summed E-state index contributed by atoms with van der Waals surface area (Å²) in [6, 6.07) is 11.2. The maximum absolute atomic E-state index is 12.7. The number of aromatic carboxylic acids is 1. The lowest BCUT2D eigenvalue weighted by Crippen LogP contribution is -2.27. The number of sulfonamides is 1. The van der Waals surface area contributed by atoms with Crippen molar-refractivity contribution < 1.29 is 23.1 Å². The third-order valence-corrected chi connectivity index (χ3v) is 5.32. The molecule has 0 aliphatic carbocycles. The first-order chi connectivity index (χ1) is 12.9. The van der Waals surface area contributed by atoms with Crippen molar-refractivity contribution in [2.75, 3.05) is 25.5 Å². The fourth-order valence-corrected chi connectivity index (χ4v) is 3.64. The van der Waals surface area contributed by atoms with E-state index in [4.69, 9.17) is 9.84 Å². The van der Waals surface area contributed by atoms with Gasteiger partial charge in [0.15, 0.2) is 0 Å². The summed E-state index contributed by atoms with van der Waals surface area (Å²) in [5.41, 5.74) is 1.16. The standard InChI is InChI=1S/C19H22N2O5S/c1-3-11-20-17-9-6-15(19(22)23)13-18(17)27(24,25)21-12-10-14-4-7-16(26-2)8-5-14/h3-9,13,20-21H,1,10-12H2,2H3,(H,22,23). The Morgan fingerprint density at radius 3 is 2.52 bits per heavy atom. The second kappa shape index (κ2) is 9.20. The number of rotatable bonds is 10. The van der Waals surface area contributed by atoms with E-state index in [0.717, 1.165) is 17.4 Å². The maximum Gasteiger partial charge on any atom is 0.335 e. The molecule has 2 rings (SSSR count). The predicted octanol–water partition coefficient (Wildman–Crippen LogP) is 2.51. The Morgan fingerprint density at radius 1 is 1.22 bits per heavy atom. The molecule has 0 bridgehead atoms. The summed E-state index contributed by atoms with van der Waals surface area (Å²) in [4.78, 5) is 11.1. The Morgan fingerprint density at radius 2 is 1.93 bits per heavy atom. The summed E-state index contributed by atoms with van der Waals surface area (Å²) in [7, 11) is -2.32. The normalized spacial score (nSPS) is 11.0. The summed E-state index contributed by atoms with van der Waals surface area (Å²) in [6.07, 6.45) is 2.07. The molecule has 7 nitrogen and oxygen atoms in total. The van der Waals surface area contributed by atoms with Gasteiger partial charge in [0, 0.05) is 13.1 Å². The first-order valence-electron chi connectivity index (χ1n) is 8.22. The molecule has 0 amide bonds. The van der Waals surface area contributed by atoms with E-state index < -0.39 is 16.0 Å². The number of carboxylic acids is 1. The van der Waals surface area contributed by atoms with Crippen LogP contribution in [0.15, 0.2) is 60.0 Å². The fraction of sp³-hybridized carbons (Fsp3) is 0.211. The molecule has 3 N–H and O–H groups in total. The lowest BCUT2D eigenvalue weighted by molar-refractivity contribution is 0.0696. The van der Waals surface area contributed by atoms with Gasteiger partial charge in [-0.1, -0.05) is 18.2 Å². The summed E-state index contributed by atoms with van der Waals surface area (Å²) in [5.74, 6) is -0.470. The maximum atomic E-state index is 12.7. The Hall–Kier alpha value is -2.84. The summed E-state index contributed by atoms with van der Waals surface area (Å²) < 4.78 is 33.0. The lowest BCUT2D eigenvalue weighted by Gasteiger charge is -2.13. The molecule has 0 aliphatic rings. The number of ether oxygens (including phenoxy) is 1. The van der Waals surface area contributed by atoms with Crippen LogP contribution in [0.25, 0.3) is 0 Å². The van der Waals surface area contributed by atoms with Gasteiger partial charge in [0.25, 0.3) is 0 Å². The molecule has 0 atom stereocenters. The molecule has 2 aromatic rings. The van der Waals surface area contributed by atoms with E-state index in [2.05, 4.69) is 16.6 Å². The molecule has 0 saturated heterocycles. The van der Waals surface area contributed by atoms with E-state index in [-0.39, 0.29) is 17.0 Å². The predicted molar refractivity (Wildman–Crippen MR) is 104 cm³/mol. The number of carboxylic acid groups (broad SMARTS) is 1. The minimum atomic E-state index is -3.90. The Bertz CT molecular complexity index is 908. The second-order valence-electron chi connectivity index (χ2n) is 5.68. The zero-order chi connectivity index (χ0) is 19.9. The highest BCUT2D eigenvalue weighted by atomic mass is 32.2. The van der Waals surface area contributed by atoms with E-state index in [9.17, 15) is 13.2 Å². The number of methoxy groups -OCH3 is 1. The van der Waals surface area contributed by atoms with Gasteiger partial charge in [0.1, 0.15) is 10.6 Å². The van der Waals surface area contributed by atoms with Crippen LogP contribution >= 0.6 is 0 Å². The minimum Gasteiger partial charge on any atom is -0.497 e. The van der Waals surface area contributed by atoms with Gasteiger partial charge in [-0.05, 0) is 42.3 Å². The van der Waals surface area contributed by atoms with E-state index >= 15 is 0 Å². The van der Waals surface area contributed by atoms with E-state index in [1.165, 1.54) is 12.1 Å². The van der Waals surface area contributed by atoms with Crippen LogP contribution in [0.5, 0.6) is 5.75 Å². The van der Waals surface area contributed by atoms with Crippen LogP contribution < -0.4 is 14.8 Å². The largest absolute Gasteiger partial charge is 0.497 e. The quantitative estimate of drug-likeness (QED) is 0.539. The smallest absolute Gasteiger partial charge is 0.335 e. The highest BCUT2D eigenvalue weighted by molar-refractivity contribution is 7.89.